The van der Waals surface area contributed by atoms with Gasteiger partial charge < -0.3 is 0 Å². The van der Waals surface area contributed by atoms with Gasteiger partial charge in [0.2, 0.25) is 0 Å². The van der Waals surface area contributed by atoms with E-state index in [1.807, 2.05) is 0 Å². The van der Waals surface area contributed by atoms with Crippen LogP contribution in [0.1, 0.15) is 0 Å². The van der Waals surface area contributed by atoms with E-state index in [-0.39, 0.29) is 19.5 Å². The minimum atomic E-state index is 0. The van der Waals surface area contributed by atoms with Gasteiger partial charge >= 0.3 is 0 Å². The molecule has 0 saturated heterocycles. The van der Waals surface area contributed by atoms with Crippen molar-refractivity contribution in [3.63, 3.8) is 0 Å². The number of thiophene rings is 1. The fourth-order valence-corrected chi connectivity index (χ4v) is 1.70. The molecule has 46 valence electrons. The number of hydrogen-bond donors (Lipinski definition) is 0. The zero-order chi connectivity index (χ0) is 6.10. The molecular formula is C8H6SZn. The van der Waals surface area contributed by atoms with Crippen molar-refractivity contribution in [1.29, 1.82) is 0 Å². The summed E-state index contributed by atoms with van der Waals surface area (Å²) < 4.78 is 1.37. The normalized spacial score (nSPS) is 9.20. The Balaban J connectivity index is 0.000000500. The molecule has 0 fully saturated rings. The van der Waals surface area contributed by atoms with E-state index < -0.39 is 0 Å². The molecule has 0 aliphatic rings. The topological polar surface area (TPSA) is 0 Å². The molecule has 2 heteroatoms. The van der Waals surface area contributed by atoms with Crippen LogP contribution >= 0.6 is 11.3 Å². The molecule has 1 heterocycles. The van der Waals surface area contributed by atoms with Gasteiger partial charge in [-0.25, -0.2) is 0 Å². The van der Waals surface area contributed by atoms with Crippen molar-refractivity contribution in [2.24, 2.45) is 0 Å². The largest absolute Gasteiger partial charge is 0.144 e. The average Bonchev–Trinajstić information content (AvgIpc) is 2.33. The van der Waals surface area contributed by atoms with Gasteiger partial charge in [-0.3, -0.25) is 0 Å². The van der Waals surface area contributed by atoms with E-state index in [1.54, 1.807) is 11.3 Å². The predicted octanol–water partition coefficient (Wildman–Crippen LogP) is 2.90. The molecule has 10 heavy (non-hydrogen) atoms. The van der Waals surface area contributed by atoms with E-state index in [0.29, 0.717) is 0 Å². The summed E-state index contributed by atoms with van der Waals surface area (Å²) in [4.78, 5) is 0. The van der Waals surface area contributed by atoms with Gasteiger partial charge in [0.1, 0.15) is 0 Å². The molecule has 1 aromatic carbocycles. The van der Waals surface area contributed by atoms with Crippen LogP contribution in [0.15, 0.2) is 35.7 Å². The van der Waals surface area contributed by atoms with E-state index in [1.165, 1.54) is 10.1 Å². The zero-order valence-corrected chi connectivity index (χ0v) is 9.36. The van der Waals surface area contributed by atoms with Crippen LogP contribution in [0.5, 0.6) is 0 Å². The third kappa shape index (κ3) is 1.28. The van der Waals surface area contributed by atoms with Crippen LogP contribution in [0.4, 0.5) is 0 Å². The molecule has 2 rings (SSSR count). The third-order valence-corrected chi connectivity index (χ3v) is 2.26. The van der Waals surface area contributed by atoms with Gasteiger partial charge in [0.05, 0.1) is 0 Å². The van der Waals surface area contributed by atoms with Gasteiger partial charge in [0.25, 0.3) is 0 Å². The molecule has 0 atom stereocenters. The average molecular weight is 200 g/mol. The Morgan fingerprint density at radius 1 is 1.00 bits per heavy atom. The van der Waals surface area contributed by atoms with Crippen LogP contribution in [0, 0.1) is 0 Å². The first-order chi connectivity index (χ1) is 4.47. The smallest absolute Gasteiger partial charge is 0.0342 e. The minimum absolute atomic E-state index is 0. The Kier molecular flexibility index (Phi) is 2.59. The van der Waals surface area contributed by atoms with E-state index in [0.717, 1.165) is 0 Å². The molecule has 0 unspecified atom stereocenters. The zero-order valence-electron chi connectivity index (χ0n) is 5.58. The molecule has 1 aromatic heterocycles. The van der Waals surface area contributed by atoms with Crippen LogP contribution in [-0.2, 0) is 19.5 Å². The van der Waals surface area contributed by atoms with Gasteiger partial charge in [-0.15, -0.1) is 11.3 Å². The van der Waals surface area contributed by atoms with E-state index in [9.17, 15) is 0 Å². The molecule has 0 amide bonds. The molecule has 0 aliphatic heterocycles. The second-order valence-electron chi connectivity index (χ2n) is 1.96. The van der Waals surface area contributed by atoms with Gasteiger partial charge in [-0.05, 0) is 22.9 Å². The fraction of sp³-hybridized carbons (Fsp3) is 0. The summed E-state index contributed by atoms with van der Waals surface area (Å²) in [6.45, 7) is 0. The molecule has 0 N–H and O–H groups in total. The summed E-state index contributed by atoms with van der Waals surface area (Å²) >= 11 is 1.79. The summed E-state index contributed by atoms with van der Waals surface area (Å²) in [6.07, 6.45) is 0. The van der Waals surface area contributed by atoms with E-state index in [4.69, 9.17) is 0 Å². The summed E-state index contributed by atoms with van der Waals surface area (Å²) in [5, 5.41) is 3.47. The van der Waals surface area contributed by atoms with Crippen LogP contribution in [-0.4, -0.2) is 0 Å². The molecular weight excluding hydrogens is 194 g/mol. The van der Waals surface area contributed by atoms with Crippen molar-refractivity contribution >= 4 is 21.4 Å². The molecule has 0 bridgehead atoms. The summed E-state index contributed by atoms with van der Waals surface area (Å²) in [6, 6.07) is 10.5. The van der Waals surface area contributed by atoms with E-state index in [2.05, 4.69) is 35.7 Å². The molecule has 2 aromatic rings. The standard InChI is InChI=1S/C8H6S.Zn/c1-2-4-8-7(3-1)5-6-9-8;/h1-6H;. The molecule has 0 spiro atoms. The van der Waals surface area contributed by atoms with Gasteiger partial charge in [-0.2, -0.15) is 0 Å². The maximum atomic E-state index is 2.14. The fourth-order valence-electron chi connectivity index (χ4n) is 0.906. The maximum absolute atomic E-state index is 2.14. The van der Waals surface area contributed by atoms with Crippen molar-refractivity contribution in [3.05, 3.63) is 35.7 Å². The van der Waals surface area contributed by atoms with Crippen LogP contribution in [0.2, 0.25) is 0 Å². The summed E-state index contributed by atoms with van der Waals surface area (Å²) in [5.74, 6) is 0. The second kappa shape index (κ2) is 3.27. The number of hydrogen-bond acceptors (Lipinski definition) is 1. The molecule has 0 radical (unpaired) electrons. The van der Waals surface area contributed by atoms with Crippen molar-refractivity contribution in [3.8, 4) is 0 Å². The summed E-state index contributed by atoms with van der Waals surface area (Å²) in [7, 11) is 0. The first-order valence-electron chi connectivity index (χ1n) is 2.89. The first-order valence-corrected chi connectivity index (χ1v) is 3.77. The van der Waals surface area contributed by atoms with Crippen molar-refractivity contribution in [1.82, 2.24) is 0 Å². The maximum Gasteiger partial charge on any atom is 0.0342 e. The predicted molar refractivity (Wildman–Crippen MR) is 41.8 cm³/mol. The number of benzene rings is 1. The van der Waals surface area contributed by atoms with Crippen LogP contribution in [0.25, 0.3) is 10.1 Å². The molecule has 0 nitrogen and oxygen atoms in total. The Hall–Kier alpha value is -0.197. The first kappa shape index (κ1) is 7.91. The van der Waals surface area contributed by atoms with E-state index >= 15 is 0 Å². The van der Waals surface area contributed by atoms with Crippen LogP contribution in [0.3, 0.4) is 0 Å². The number of fused-ring (bicyclic) bond motifs is 1. The Morgan fingerprint density at radius 3 is 2.60 bits per heavy atom. The quantitative estimate of drug-likeness (QED) is 0.573. The number of rotatable bonds is 0. The Morgan fingerprint density at radius 2 is 1.80 bits per heavy atom. The van der Waals surface area contributed by atoms with Crippen molar-refractivity contribution in [2.75, 3.05) is 0 Å². The van der Waals surface area contributed by atoms with Crippen LogP contribution < -0.4 is 0 Å². The summed E-state index contributed by atoms with van der Waals surface area (Å²) in [5.41, 5.74) is 0. The second-order valence-corrected chi connectivity index (χ2v) is 2.91. The van der Waals surface area contributed by atoms with Gasteiger partial charge in [-0.1, -0.05) is 18.2 Å². The molecule has 0 aliphatic carbocycles. The third-order valence-electron chi connectivity index (χ3n) is 1.36. The Bertz CT molecular complexity index is 283. The monoisotopic (exact) mass is 198 g/mol. The van der Waals surface area contributed by atoms with Crippen molar-refractivity contribution < 1.29 is 19.5 Å². The Labute approximate surface area is 76.6 Å². The SMILES string of the molecule is [Zn].c1ccc2sccc2c1. The van der Waals surface area contributed by atoms with Crippen molar-refractivity contribution in [2.45, 2.75) is 0 Å². The van der Waals surface area contributed by atoms with Gasteiger partial charge in [0, 0.05) is 24.2 Å². The molecule has 0 saturated carbocycles. The minimum Gasteiger partial charge on any atom is -0.144 e. The van der Waals surface area contributed by atoms with Gasteiger partial charge in [0.15, 0.2) is 0 Å².